The van der Waals surface area contributed by atoms with Gasteiger partial charge in [0.15, 0.2) is 0 Å². The number of sulfone groups is 1. The zero-order valence-corrected chi connectivity index (χ0v) is 30.3. The van der Waals surface area contributed by atoms with Crippen LogP contribution in [0.1, 0.15) is 0 Å². The first-order valence-electron chi connectivity index (χ1n) is 13.0. The van der Waals surface area contributed by atoms with Crippen LogP contribution in [0.15, 0.2) is 105 Å². The number of rotatable bonds is 11. The topological polar surface area (TPSA) is 264 Å². The summed E-state index contributed by atoms with van der Waals surface area (Å²) in [5.74, 6) is 0.906. The van der Waals surface area contributed by atoms with E-state index >= 15 is 0 Å². The van der Waals surface area contributed by atoms with E-state index in [2.05, 4.69) is 9.37 Å². The highest BCUT2D eigenvalue weighted by molar-refractivity contribution is 7.95. The fraction of sp³-hybridized carbons (Fsp3) is 0.143. The summed E-state index contributed by atoms with van der Waals surface area (Å²) in [5.41, 5.74) is 1.77. The normalized spacial score (nSPS) is 11.7. The van der Waals surface area contributed by atoms with E-state index in [0.717, 1.165) is 29.3 Å². The van der Waals surface area contributed by atoms with Crippen molar-refractivity contribution in [3.8, 4) is 34.1 Å². The van der Waals surface area contributed by atoms with E-state index in [1.54, 1.807) is 31.4 Å². The maximum absolute atomic E-state index is 13.3. The quantitative estimate of drug-likeness (QED) is 0.0694. The molecule has 22 heteroatoms. The van der Waals surface area contributed by atoms with Gasteiger partial charge in [0, 0.05) is 0 Å². The molecular formula is C28H30O17S5. The highest BCUT2D eigenvalue weighted by Crippen LogP contribution is 2.37. The molecule has 4 rings (SSSR count). The molecule has 0 bridgehead atoms. The second-order valence-corrected chi connectivity index (χ2v) is 16.5. The Morgan fingerprint density at radius 1 is 0.580 bits per heavy atom. The molecule has 0 radical (unpaired) electrons. The van der Waals surface area contributed by atoms with Gasteiger partial charge >= 0.3 is 0 Å². The van der Waals surface area contributed by atoms with Crippen molar-refractivity contribution in [2.24, 2.45) is 0 Å². The number of ether oxygens (including phenoxy) is 3. The van der Waals surface area contributed by atoms with Crippen molar-refractivity contribution in [3.05, 3.63) is 84.9 Å². The first-order chi connectivity index (χ1) is 23.1. The molecule has 0 aromatic heterocycles. The van der Waals surface area contributed by atoms with Gasteiger partial charge in [0.05, 0.1) is 53.5 Å². The van der Waals surface area contributed by atoms with Gasteiger partial charge in [0.2, 0.25) is 9.84 Å². The predicted octanol–water partition coefficient (Wildman–Crippen LogP) is 4.68. The van der Waals surface area contributed by atoms with E-state index in [9.17, 15) is 38.2 Å². The average Bonchev–Trinajstić information content (AvgIpc) is 3.02. The molecule has 0 saturated heterocycles. The molecule has 50 heavy (non-hydrogen) atoms. The third-order valence-corrected chi connectivity index (χ3v) is 8.86. The van der Waals surface area contributed by atoms with Crippen molar-refractivity contribution < 1.29 is 76.2 Å². The minimum Gasteiger partial charge on any atom is -0.497 e. The van der Waals surface area contributed by atoms with Crippen molar-refractivity contribution in [2.75, 3.05) is 26.7 Å². The van der Waals surface area contributed by atoms with Gasteiger partial charge in [-0.1, -0.05) is 29.3 Å². The van der Waals surface area contributed by atoms with Crippen LogP contribution in [0.2, 0.25) is 0 Å². The summed E-state index contributed by atoms with van der Waals surface area (Å²) in [6.45, 7) is 0. The van der Waals surface area contributed by atoms with Gasteiger partial charge in [-0.15, -0.1) is 4.33 Å². The smallest absolute Gasteiger partial charge is 0.298 e. The Morgan fingerprint density at radius 3 is 1.44 bits per heavy atom. The third-order valence-electron chi connectivity index (χ3n) is 5.61. The maximum atomic E-state index is 13.3. The van der Waals surface area contributed by atoms with E-state index in [1.165, 1.54) is 25.3 Å². The van der Waals surface area contributed by atoms with Gasteiger partial charge in [-0.2, -0.15) is 25.3 Å². The lowest BCUT2D eigenvalue weighted by atomic mass is 10.1. The van der Waals surface area contributed by atoms with Crippen molar-refractivity contribution >= 4 is 52.2 Å². The van der Waals surface area contributed by atoms with Crippen molar-refractivity contribution in [3.63, 3.8) is 0 Å². The number of methoxy groups -OCH3 is 2. The van der Waals surface area contributed by atoms with Crippen LogP contribution in [-0.4, -0.2) is 79.3 Å². The molecule has 0 fully saturated rings. The molecule has 4 aromatic rings. The highest BCUT2D eigenvalue weighted by Gasteiger charge is 2.25. The summed E-state index contributed by atoms with van der Waals surface area (Å²) in [5, 5.41) is 12.0. The minimum atomic E-state index is -4.90. The molecule has 4 aromatic carbocycles. The Bertz CT molecular complexity index is 2140. The summed E-state index contributed by atoms with van der Waals surface area (Å²) in [6.07, 6.45) is 1.43. The van der Waals surface area contributed by atoms with Crippen LogP contribution in [0.3, 0.4) is 0 Å². The Balaban J connectivity index is 0.000000761. The molecule has 17 nitrogen and oxygen atoms in total. The summed E-state index contributed by atoms with van der Waals surface area (Å²) < 4.78 is 133. The van der Waals surface area contributed by atoms with Crippen LogP contribution in [-0.2, 0) is 49.6 Å². The Morgan fingerprint density at radius 2 is 1.02 bits per heavy atom. The SMILES string of the molecule is COc1ccc(-c2ccc(Oc3ccc(S(=O)(=O)c4ccc(OC)c(SOOO)c4)cc3S(=O)(=O)O)cc2)cc1.CS(=O)(=O)O.CS(=O)(=O)O. The van der Waals surface area contributed by atoms with Crippen LogP contribution in [0.25, 0.3) is 11.1 Å². The summed E-state index contributed by atoms with van der Waals surface area (Å²) in [6, 6.07) is 21.0. The number of hydrogen-bond acceptors (Lipinski definition) is 15. The molecule has 4 N–H and O–H groups in total. The second kappa shape index (κ2) is 17.9. The first kappa shape index (κ1) is 42.4. The van der Waals surface area contributed by atoms with Gasteiger partial charge in [-0.05, 0) is 71.8 Å². The molecule has 0 amide bonds. The van der Waals surface area contributed by atoms with Crippen LogP contribution in [0, 0.1) is 0 Å². The van der Waals surface area contributed by atoms with Crippen LogP contribution < -0.4 is 14.2 Å². The van der Waals surface area contributed by atoms with Crippen molar-refractivity contribution in [2.45, 2.75) is 19.6 Å². The molecule has 0 heterocycles. The van der Waals surface area contributed by atoms with Crippen LogP contribution in [0.5, 0.6) is 23.0 Å². The zero-order chi connectivity index (χ0) is 37.9. The van der Waals surface area contributed by atoms with Gasteiger partial charge < -0.3 is 14.2 Å². The molecule has 0 saturated carbocycles. The van der Waals surface area contributed by atoms with E-state index in [4.69, 9.17) is 28.6 Å². The van der Waals surface area contributed by atoms with E-state index in [-0.39, 0.29) is 27.0 Å². The fourth-order valence-corrected chi connectivity index (χ4v) is 6.26. The lowest BCUT2D eigenvalue weighted by Gasteiger charge is -2.13. The van der Waals surface area contributed by atoms with E-state index in [1.807, 2.05) is 24.3 Å². The Kier molecular flexibility index (Phi) is 15.2. The lowest BCUT2D eigenvalue weighted by Crippen LogP contribution is -2.07. The molecule has 0 atom stereocenters. The largest absolute Gasteiger partial charge is 0.497 e. The van der Waals surface area contributed by atoms with Gasteiger partial charge in [-0.25, -0.2) is 13.7 Å². The average molecular weight is 799 g/mol. The lowest BCUT2D eigenvalue weighted by molar-refractivity contribution is -0.432. The second-order valence-electron chi connectivity index (χ2n) is 9.45. The van der Waals surface area contributed by atoms with Crippen molar-refractivity contribution in [1.82, 2.24) is 0 Å². The maximum Gasteiger partial charge on any atom is 0.298 e. The van der Waals surface area contributed by atoms with E-state index in [0.29, 0.717) is 30.3 Å². The fourth-order valence-electron chi connectivity index (χ4n) is 3.64. The molecule has 0 aliphatic carbocycles. The molecule has 0 spiro atoms. The van der Waals surface area contributed by atoms with Crippen LogP contribution in [0.4, 0.5) is 0 Å². The number of benzene rings is 4. The molecule has 274 valence electrons. The monoisotopic (exact) mass is 798 g/mol. The highest BCUT2D eigenvalue weighted by atomic mass is 32.2. The summed E-state index contributed by atoms with van der Waals surface area (Å²) in [4.78, 5) is -1.28. The first-order valence-corrected chi connectivity index (χ1v) is 20.4. The van der Waals surface area contributed by atoms with Gasteiger partial charge in [0.1, 0.15) is 27.9 Å². The summed E-state index contributed by atoms with van der Waals surface area (Å²) >= 11 is 0.486. The molecular weight excluding hydrogens is 769 g/mol. The Hall–Kier alpha value is -3.81. The van der Waals surface area contributed by atoms with Gasteiger partial charge in [0.25, 0.3) is 30.4 Å². The number of hydrogen-bond donors (Lipinski definition) is 4. The molecule has 0 aliphatic heterocycles. The van der Waals surface area contributed by atoms with Gasteiger partial charge in [-0.3, -0.25) is 13.7 Å². The summed E-state index contributed by atoms with van der Waals surface area (Å²) in [7, 11) is -13.6. The van der Waals surface area contributed by atoms with Crippen LogP contribution >= 0.6 is 12.0 Å². The third kappa shape index (κ3) is 14.2. The van der Waals surface area contributed by atoms with E-state index < -0.39 is 50.0 Å². The molecule has 0 aliphatic rings. The standard InChI is InChI=1S/C26H22O11S3.2CH4O3S/c1-33-19-7-3-17(4-8-19)18-5-9-20(10-6-18)35-24-14-12-22(16-26(24)40(30,31)32)39(28,29)21-11-13-23(34-2)25(15-21)38-37-36-27;2*1-5(2,3)4/h3-16,27H,1-2H3,(H,30,31,32);2*1H3,(H,2,3,4). The predicted molar refractivity (Wildman–Crippen MR) is 179 cm³/mol. The molecule has 0 unspecified atom stereocenters. The van der Waals surface area contributed by atoms with Crippen molar-refractivity contribution in [1.29, 1.82) is 0 Å². The zero-order valence-electron chi connectivity index (χ0n) is 26.2. The minimum absolute atomic E-state index is 0.144. The Labute approximate surface area is 292 Å².